The molecule has 2 saturated heterocycles. The van der Waals surface area contributed by atoms with Crippen LogP contribution in [0.5, 0.6) is 0 Å². The van der Waals surface area contributed by atoms with Crippen molar-refractivity contribution in [2.45, 2.75) is 38.4 Å². The number of likely N-dealkylation sites (tertiary alicyclic amines) is 1. The maximum atomic E-state index is 12.7. The number of hydrogen-bond acceptors (Lipinski definition) is 4. The van der Waals surface area contributed by atoms with Crippen molar-refractivity contribution in [2.24, 2.45) is 5.73 Å². The number of benzene rings is 1. The molecule has 2 fully saturated rings. The van der Waals surface area contributed by atoms with E-state index < -0.39 is 11.4 Å². The van der Waals surface area contributed by atoms with Gasteiger partial charge in [-0.05, 0) is 38.0 Å². The van der Waals surface area contributed by atoms with Crippen molar-refractivity contribution in [2.75, 3.05) is 13.1 Å². The summed E-state index contributed by atoms with van der Waals surface area (Å²) < 4.78 is 0. The Hall–Kier alpha value is -2.41. The van der Waals surface area contributed by atoms with E-state index in [-0.39, 0.29) is 18.0 Å². The van der Waals surface area contributed by atoms with Gasteiger partial charge in [0.1, 0.15) is 5.54 Å². The summed E-state index contributed by atoms with van der Waals surface area (Å²) in [5.74, 6) is -0.601. The Morgan fingerprint density at radius 2 is 2.12 bits per heavy atom. The van der Waals surface area contributed by atoms with Crippen LogP contribution in [0.25, 0.3) is 0 Å². The molecular weight excluding hydrogens is 308 g/mol. The van der Waals surface area contributed by atoms with Gasteiger partial charge >= 0.3 is 6.03 Å². The number of hydrogen-bond donors (Lipinski definition) is 2. The summed E-state index contributed by atoms with van der Waals surface area (Å²) in [7, 11) is 0. The largest absolute Gasteiger partial charge is 0.366 e. The first-order chi connectivity index (χ1) is 11.3. The molecule has 0 saturated carbocycles. The lowest BCUT2D eigenvalue weighted by Crippen LogP contribution is -2.49. The standard InChI is InChI=1S/C17H22N4O3/c1-11(2)21-15(23)17(19-16(21)24)6-7-20(10-17)9-12-4-3-5-13(8-12)14(18)22/h3-5,8,11H,6-7,9-10H2,1-2H3,(H2,18,22)(H,19,24)/t17-/m1/s1. The Balaban J connectivity index is 1.72. The minimum absolute atomic E-state index is 0.143. The molecule has 2 aliphatic heterocycles. The van der Waals surface area contributed by atoms with E-state index >= 15 is 0 Å². The minimum atomic E-state index is -0.817. The molecule has 1 aromatic rings. The number of rotatable bonds is 4. The SMILES string of the molecule is CC(C)N1C(=O)N[C@@]2(CCN(Cc3cccc(C(N)=O)c3)C2)C1=O. The van der Waals surface area contributed by atoms with Gasteiger partial charge in [-0.25, -0.2) is 4.79 Å². The van der Waals surface area contributed by atoms with Crippen LogP contribution in [0.4, 0.5) is 4.79 Å². The number of nitrogens with one attached hydrogen (secondary N) is 1. The quantitative estimate of drug-likeness (QED) is 0.794. The smallest absolute Gasteiger partial charge is 0.325 e. The third-order valence-corrected chi connectivity index (χ3v) is 4.68. The summed E-state index contributed by atoms with van der Waals surface area (Å²) in [5, 5.41) is 2.88. The molecule has 0 aliphatic carbocycles. The number of amides is 4. The highest BCUT2D eigenvalue weighted by Gasteiger charge is 2.55. The molecule has 24 heavy (non-hydrogen) atoms. The van der Waals surface area contributed by atoms with E-state index in [0.29, 0.717) is 31.6 Å². The van der Waals surface area contributed by atoms with Crippen LogP contribution in [0.15, 0.2) is 24.3 Å². The van der Waals surface area contributed by atoms with E-state index in [4.69, 9.17) is 5.73 Å². The molecule has 7 heteroatoms. The van der Waals surface area contributed by atoms with Crippen LogP contribution in [-0.4, -0.2) is 52.3 Å². The highest BCUT2D eigenvalue weighted by atomic mass is 16.2. The Morgan fingerprint density at radius 3 is 2.75 bits per heavy atom. The van der Waals surface area contributed by atoms with E-state index in [1.54, 1.807) is 18.2 Å². The first-order valence-electron chi connectivity index (χ1n) is 8.09. The van der Waals surface area contributed by atoms with Gasteiger partial charge in [0.2, 0.25) is 5.91 Å². The third kappa shape index (κ3) is 2.75. The predicted molar refractivity (Wildman–Crippen MR) is 88.1 cm³/mol. The van der Waals surface area contributed by atoms with Crippen molar-refractivity contribution >= 4 is 17.8 Å². The van der Waals surface area contributed by atoms with Gasteiger partial charge in [0.05, 0.1) is 0 Å². The second-order valence-corrected chi connectivity index (χ2v) is 6.81. The van der Waals surface area contributed by atoms with Gasteiger partial charge in [-0.1, -0.05) is 12.1 Å². The summed E-state index contributed by atoms with van der Waals surface area (Å²) in [6.45, 7) is 5.45. The molecule has 3 rings (SSSR count). The van der Waals surface area contributed by atoms with Gasteiger partial charge in [0, 0.05) is 31.2 Å². The second-order valence-electron chi connectivity index (χ2n) is 6.81. The zero-order chi connectivity index (χ0) is 17.5. The highest BCUT2D eigenvalue weighted by Crippen LogP contribution is 2.30. The molecule has 0 unspecified atom stereocenters. The fourth-order valence-corrected chi connectivity index (χ4v) is 3.49. The van der Waals surface area contributed by atoms with Crippen LogP contribution >= 0.6 is 0 Å². The summed E-state index contributed by atoms with van der Waals surface area (Å²) in [6.07, 6.45) is 0.594. The summed E-state index contributed by atoms with van der Waals surface area (Å²) >= 11 is 0. The molecule has 0 radical (unpaired) electrons. The molecule has 1 spiro atoms. The number of carbonyl (C=O) groups excluding carboxylic acids is 3. The van der Waals surface area contributed by atoms with Crippen molar-refractivity contribution in [1.82, 2.24) is 15.1 Å². The fraction of sp³-hybridized carbons (Fsp3) is 0.471. The van der Waals surface area contributed by atoms with E-state index in [1.165, 1.54) is 4.90 Å². The lowest BCUT2D eigenvalue weighted by Gasteiger charge is -2.23. The van der Waals surface area contributed by atoms with E-state index in [1.807, 2.05) is 19.9 Å². The van der Waals surface area contributed by atoms with Crippen LogP contribution < -0.4 is 11.1 Å². The molecular formula is C17H22N4O3. The maximum absolute atomic E-state index is 12.7. The van der Waals surface area contributed by atoms with Crippen molar-refractivity contribution < 1.29 is 14.4 Å². The molecule has 7 nitrogen and oxygen atoms in total. The molecule has 1 atom stereocenters. The molecule has 128 valence electrons. The normalized spacial score (nSPS) is 24.2. The van der Waals surface area contributed by atoms with Gasteiger partial charge in [0.25, 0.3) is 5.91 Å². The highest BCUT2D eigenvalue weighted by molar-refractivity contribution is 6.07. The van der Waals surface area contributed by atoms with Crippen molar-refractivity contribution in [3.63, 3.8) is 0 Å². The Labute approximate surface area is 140 Å². The first-order valence-corrected chi connectivity index (χ1v) is 8.09. The van der Waals surface area contributed by atoms with Crippen LogP contribution in [0.1, 0.15) is 36.2 Å². The lowest BCUT2D eigenvalue weighted by molar-refractivity contribution is -0.132. The molecule has 2 aliphatic rings. The number of imide groups is 1. The summed E-state index contributed by atoms with van der Waals surface area (Å²) in [5.41, 5.74) is 5.92. The van der Waals surface area contributed by atoms with Crippen LogP contribution in [0, 0.1) is 0 Å². The topological polar surface area (TPSA) is 95.7 Å². The van der Waals surface area contributed by atoms with Crippen LogP contribution in [0.3, 0.4) is 0 Å². The maximum Gasteiger partial charge on any atom is 0.325 e. The van der Waals surface area contributed by atoms with Crippen molar-refractivity contribution in [3.8, 4) is 0 Å². The predicted octanol–water partition coefficient (Wildman–Crippen LogP) is 0.690. The van der Waals surface area contributed by atoms with Gasteiger partial charge < -0.3 is 11.1 Å². The zero-order valence-corrected chi connectivity index (χ0v) is 13.9. The Morgan fingerprint density at radius 1 is 1.38 bits per heavy atom. The molecule has 2 heterocycles. The van der Waals surface area contributed by atoms with Gasteiger partial charge in [-0.3, -0.25) is 19.4 Å². The Bertz CT molecular complexity index is 703. The van der Waals surface area contributed by atoms with Gasteiger partial charge in [0.15, 0.2) is 0 Å². The number of carbonyl (C=O) groups is 3. The first kappa shape index (κ1) is 16.4. The van der Waals surface area contributed by atoms with E-state index in [2.05, 4.69) is 10.2 Å². The Kier molecular flexibility index (Phi) is 4.04. The number of primary amides is 1. The van der Waals surface area contributed by atoms with Crippen LogP contribution in [0.2, 0.25) is 0 Å². The summed E-state index contributed by atoms with van der Waals surface area (Å²) in [6, 6.07) is 6.70. The minimum Gasteiger partial charge on any atom is -0.366 e. The molecule has 0 bridgehead atoms. The number of nitrogens with zero attached hydrogens (tertiary/aromatic N) is 2. The molecule has 0 aromatic heterocycles. The monoisotopic (exact) mass is 330 g/mol. The number of urea groups is 1. The van der Waals surface area contributed by atoms with Crippen molar-refractivity contribution in [3.05, 3.63) is 35.4 Å². The van der Waals surface area contributed by atoms with Gasteiger partial charge in [-0.2, -0.15) is 0 Å². The second kappa shape index (κ2) is 5.90. The average Bonchev–Trinajstić information content (AvgIpc) is 3.01. The van der Waals surface area contributed by atoms with E-state index in [9.17, 15) is 14.4 Å². The molecule has 3 N–H and O–H groups in total. The number of nitrogens with two attached hydrogens (primary N) is 1. The lowest BCUT2D eigenvalue weighted by atomic mass is 9.98. The fourth-order valence-electron chi connectivity index (χ4n) is 3.49. The van der Waals surface area contributed by atoms with Crippen molar-refractivity contribution in [1.29, 1.82) is 0 Å². The summed E-state index contributed by atoms with van der Waals surface area (Å²) in [4.78, 5) is 39.5. The molecule has 1 aromatic carbocycles. The average molecular weight is 330 g/mol. The van der Waals surface area contributed by atoms with Crippen LogP contribution in [-0.2, 0) is 11.3 Å². The van der Waals surface area contributed by atoms with Gasteiger partial charge in [-0.15, -0.1) is 0 Å². The zero-order valence-electron chi connectivity index (χ0n) is 13.9. The van der Waals surface area contributed by atoms with E-state index in [0.717, 1.165) is 5.56 Å². The molecule has 4 amide bonds. The third-order valence-electron chi connectivity index (χ3n) is 4.68.